The third-order valence-corrected chi connectivity index (χ3v) is 2.17. The fraction of sp³-hybridized carbons (Fsp3) is 0.417. The molecule has 1 aromatic carbocycles. The van der Waals surface area contributed by atoms with Crippen LogP contribution in [0.1, 0.15) is 18.9 Å². The van der Waals surface area contributed by atoms with Gasteiger partial charge in [-0.3, -0.25) is 0 Å². The van der Waals surface area contributed by atoms with Crippen molar-refractivity contribution in [1.29, 1.82) is 0 Å². The van der Waals surface area contributed by atoms with E-state index in [0.717, 1.165) is 17.7 Å². The van der Waals surface area contributed by atoms with E-state index in [0.29, 0.717) is 13.1 Å². The van der Waals surface area contributed by atoms with Crippen molar-refractivity contribution in [3.8, 4) is 5.75 Å². The Balaban J connectivity index is 2.44. The van der Waals surface area contributed by atoms with Gasteiger partial charge in [-0.05, 0) is 12.5 Å². The Morgan fingerprint density at radius 1 is 1.31 bits per heavy atom. The van der Waals surface area contributed by atoms with Crippen LogP contribution in [0, 0.1) is 0 Å². The highest BCUT2D eigenvalue weighted by atomic mass is 16.5. The molecule has 1 rings (SSSR count). The van der Waals surface area contributed by atoms with Gasteiger partial charge in [-0.2, -0.15) is 0 Å². The van der Waals surface area contributed by atoms with Gasteiger partial charge in [-0.15, -0.1) is 0 Å². The fourth-order valence-electron chi connectivity index (χ4n) is 1.33. The molecule has 0 saturated heterocycles. The van der Waals surface area contributed by atoms with Crippen LogP contribution in [-0.4, -0.2) is 19.7 Å². The first-order valence-electron chi connectivity index (χ1n) is 5.41. The lowest BCUT2D eigenvalue weighted by Crippen LogP contribution is -2.35. The van der Waals surface area contributed by atoms with Crippen LogP contribution in [0.3, 0.4) is 0 Å². The van der Waals surface area contributed by atoms with Crippen molar-refractivity contribution in [2.45, 2.75) is 19.9 Å². The number of rotatable bonds is 5. The summed E-state index contributed by atoms with van der Waals surface area (Å²) in [5, 5.41) is 5.53. The predicted molar refractivity (Wildman–Crippen MR) is 63.5 cm³/mol. The summed E-state index contributed by atoms with van der Waals surface area (Å²) in [7, 11) is 1.62. The molecule has 88 valence electrons. The molecule has 4 heteroatoms. The van der Waals surface area contributed by atoms with E-state index in [4.69, 9.17) is 4.74 Å². The third kappa shape index (κ3) is 3.81. The number of nitrogens with one attached hydrogen (secondary N) is 2. The lowest BCUT2D eigenvalue weighted by atomic mass is 10.2. The Labute approximate surface area is 96.0 Å². The minimum absolute atomic E-state index is 0.146. The zero-order valence-electron chi connectivity index (χ0n) is 9.75. The molecule has 0 heterocycles. The average molecular weight is 222 g/mol. The first kappa shape index (κ1) is 12.4. The van der Waals surface area contributed by atoms with Crippen LogP contribution < -0.4 is 15.4 Å². The van der Waals surface area contributed by atoms with Gasteiger partial charge in [0.1, 0.15) is 5.75 Å². The van der Waals surface area contributed by atoms with Gasteiger partial charge in [-0.25, -0.2) is 4.79 Å². The molecule has 0 aliphatic rings. The summed E-state index contributed by atoms with van der Waals surface area (Å²) in [6.07, 6.45) is 0.933. The van der Waals surface area contributed by atoms with Gasteiger partial charge >= 0.3 is 6.03 Å². The predicted octanol–water partition coefficient (Wildman–Crippen LogP) is 1.90. The maximum Gasteiger partial charge on any atom is 0.315 e. The number of amides is 2. The summed E-state index contributed by atoms with van der Waals surface area (Å²) in [5.74, 6) is 0.790. The molecule has 0 radical (unpaired) electrons. The molecule has 2 amide bonds. The number of hydrogen-bond acceptors (Lipinski definition) is 2. The minimum atomic E-state index is -0.146. The molecule has 16 heavy (non-hydrogen) atoms. The second-order valence-corrected chi connectivity index (χ2v) is 3.42. The first-order valence-corrected chi connectivity index (χ1v) is 5.41. The second kappa shape index (κ2) is 6.71. The van der Waals surface area contributed by atoms with Gasteiger partial charge in [0, 0.05) is 18.7 Å². The molecule has 4 nitrogen and oxygen atoms in total. The minimum Gasteiger partial charge on any atom is -0.496 e. The number of methoxy groups -OCH3 is 1. The molecule has 0 saturated carbocycles. The molecule has 0 aliphatic heterocycles. The van der Waals surface area contributed by atoms with Crippen LogP contribution in [0.5, 0.6) is 5.75 Å². The van der Waals surface area contributed by atoms with Crippen molar-refractivity contribution in [3.63, 3.8) is 0 Å². The monoisotopic (exact) mass is 222 g/mol. The molecule has 2 N–H and O–H groups in total. The molecule has 0 aromatic heterocycles. The van der Waals surface area contributed by atoms with Crippen LogP contribution in [-0.2, 0) is 6.54 Å². The van der Waals surface area contributed by atoms with E-state index in [1.54, 1.807) is 7.11 Å². The number of para-hydroxylation sites is 1. The third-order valence-electron chi connectivity index (χ3n) is 2.17. The summed E-state index contributed by atoms with van der Waals surface area (Å²) in [6.45, 7) is 3.18. The van der Waals surface area contributed by atoms with Gasteiger partial charge in [-0.1, -0.05) is 25.1 Å². The highest BCUT2D eigenvalue weighted by Gasteiger charge is 2.03. The van der Waals surface area contributed by atoms with E-state index in [1.807, 2.05) is 31.2 Å². The Hall–Kier alpha value is -1.71. The van der Waals surface area contributed by atoms with Crippen molar-refractivity contribution in [2.75, 3.05) is 13.7 Å². The van der Waals surface area contributed by atoms with Gasteiger partial charge in [0.05, 0.1) is 7.11 Å². The van der Waals surface area contributed by atoms with E-state index in [2.05, 4.69) is 10.6 Å². The maximum atomic E-state index is 11.3. The molecule has 0 bridgehead atoms. The van der Waals surface area contributed by atoms with Crippen LogP contribution in [0.25, 0.3) is 0 Å². The van der Waals surface area contributed by atoms with Crippen molar-refractivity contribution in [1.82, 2.24) is 10.6 Å². The summed E-state index contributed by atoms with van der Waals surface area (Å²) in [5.41, 5.74) is 0.969. The zero-order chi connectivity index (χ0) is 11.8. The van der Waals surface area contributed by atoms with Crippen LogP contribution in [0.2, 0.25) is 0 Å². The standard InChI is InChI=1S/C12H18N2O2/c1-3-8-13-12(15)14-9-10-6-4-5-7-11(10)16-2/h4-7H,3,8-9H2,1-2H3,(H2,13,14,15). The smallest absolute Gasteiger partial charge is 0.315 e. The molecule has 0 unspecified atom stereocenters. The van der Waals surface area contributed by atoms with Gasteiger partial charge in [0.15, 0.2) is 0 Å². The van der Waals surface area contributed by atoms with Crippen LogP contribution >= 0.6 is 0 Å². The van der Waals surface area contributed by atoms with E-state index in [9.17, 15) is 4.79 Å². The number of carbonyl (C=O) groups is 1. The second-order valence-electron chi connectivity index (χ2n) is 3.42. The lowest BCUT2D eigenvalue weighted by Gasteiger charge is -2.09. The van der Waals surface area contributed by atoms with Crippen molar-refractivity contribution >= 4 is 6.03 Å². The summed E-state index contributed by atoms with van der Waals surface area (Å²) in [6, 6.07) is 7.48. The molecule has 0 aliphatic carbocycles. The van der Waals surface area contributed by atoms with Gasteiger partial charge in [0.25, 0.3) is 0 Å². The summed E-state index contributed by atoms with van der Waals surface area (Å²) < 4.78 is 5.19. The van der Waals surface area contributed by atoms with Crippen molar-refractivity contribution in [2.24, 2.45) is 0 Å². The number of ether oxygens (including phenoxy) is 1. The topological polar surface area (TPSA) is 50.4 Å². The fourth-order valence-corrected chi connectivity index (χ4v) is 1.33. The highest BCUT2D eigenvalue weighted by molar-refractivity contribution is 5.73. The molecule has 0 fully saturated rings. The van der Waals surface area contributed by atoms with Gasteiger partial charge in [0.2, 0.25) is 0 Å². The Bertz CT molecular complexity index is 340. The summed E-state index contributed by atoms with van der Waals surface area (Å²) in [4.78, 5) is 11.3. The molecule has 0 spiro atoms. The largest absolute Gasteiger partial charge is 0.496 e. The van der Waals surface area contributed by atoms with Crippen LogP contribution in [0.15, 0.2) is 24.3 Å². The number of carbonyl (C=O) groups excluding carboxylic acids is 1. The molecular weight excluding hydrogens is 204 g/mol. The highest BCUT2D eigenvalue weighted by Crippen LogP contribution is 2.16. The maximum absolute atomic E-state index is 11.3. The zero-order valence-corrected chi connectivity index (χ0v) is 9.75. The Kier molecular flexibility index (Phi) is 5.19. The Morgan fingerprint density at radius 2 is 2.06 bits per heavy atom. The van der Waals surface area contributed by atoms with E-state index in [-0.39, 0.29) is 6.03 Å². The van der Waals surface area contributed by atoms with Crippen molar-refractivity contribution in [3.05, 3.63) is 29.8 Å². The molecule has 0 atom stereocenters. The van der Waals surface area contributed by atoms with Crippen LogP contribution in [0.4, 0.5) is 4.79 Å². The van der Waals surface area contributed by atoms with E-state index >= 15 is 0 Å². The lowest BCUT2D eigenvalue weighted by molar-refractivity contribution is 0.240. The number of urea groups is 1. The quantitative estimate of drug-likeness (QED) is 0.799. The van der Waals surface area contributed by atoms with Gasteiger partial charge < -0.3 is 15.4 Å². The molecular formula is C12H18N2O2. The van der Waals surface area contributed by atoms with E-state index in [1.165, 1.54) is 0 Å². The first-order chi connectivity index (χ1) is 7.77. The Morgan fingerprint density at radius 3 is 2.75 bits per heavy atom. The molecule has 1 aromatic rings. The number of hydrogen-bond donors (Lipinski definition) is 2. The number of benzene rings is 1. The average Bonchev–Trinajstić information content (AvgIpc) is 2.34. The van der Waals surface area contributed by atoms with Crippen molar-refractivity contribution < 1.29 is 9.53 Å². The normalized spacial score (nSPS) is 9.62. The SMILES string of the molecule is CCCNC(=O)NCc1ccccc1OC. The summed E-state index contributed by atoms with van der Waals surface area (Å²) >= 11 is 0. The van der Waals surface area contributed by atoms with E-state index < -0.39 is 0 Å².